The summed E-state index contributed by atoms with van der Waals surface area (Å²) in [7, 11) is 0. The number of imidazole rings is 1. The van der Waals surface area contributed by atoms with E-state index < -0.39 is 0 Å². The van der Waals surface area contributed by atoms with Crippen LogP contribution in [0.2, 0.25) is 0 Å². The van der Waals surface area contributed by atoms with Gasteiger partial charge in [0.05, 0.1) is 17.4 Å². The average Bonchev–Trinajstić information content (AvgIpc) is 3.27. The van der Waals surface area contributed by atoms with Crippen LogP contribution in [0, 0.1) is 5.82 Å². The molecule has 0 radical (unpaired) electrons. The molecule has 6 heteroatoms. The molecule has 1 aromatic heterocycles. The van der Waals surface area contributed by atoms with Crippen LogP contribution in [0.1, 0.15) is 12.8 Å². The minimum Gasteiger partial charge on any atom is -0.457 e. The van der Waals surface area contributed by atoms with E-state index in [2.05, 4.69) is 4.98 Å². The van der Waals surface area contributed by atoms with Gasteiger partial charge in [-0.05, 0) is 49.2 Å². The predicted molar refractivity (Wildman–Crippen MR) is 92.0 cm³/mol. The molecule has 128 valence electrons. The van der Waals surface area contributed by atoms with E-state index in [0.29, 0.717) is 11.5 Å². The van der Waals surface area contributed by atoms with Crippen molar-refractivity contribution < 1.29 is 13.9 Å². The molecular formula is C19H18FN3O2. The topological polar surface area (TPSA) is 47.4 Å². The molecular weight excluding hydrogens is 321 g/mol. The van der Waals surface area contributed by atoms with E-state index in [-0.39, 0.29) is 18.3 Å². The molecule has 5 nitrogen and oxygen atoms in total. The van der Waals surface area contributed by atoms with E-state index in [9.17, 15) is 9.18 Å². The van der Waals surface area contributed by atoms with Gasteiger partial charge in [0.15, 0.2) is 0 Å². The number of ether oxygens (including phenoxy) is 1. The first-order chi connectivity index (χ1) is 12.2. The van der Waals surface area contributed by atoms with E-state index in [1.54, 1.807) is 18.5 Å². The Balaban J connectivity index is 1.56. The average molecular weight is 339 g/mol. The molecule has 1 fully saturated rings. The highest BCUT2D eigenvalue weighted by Gasteiger charge is 2.18. The largest absolute Gasteiger partial charge is 0.457 e. The minimum absolute atomic E-state index is 0.113. The lowest BCUT2D eigenvalue weighted by Crippen LogP contribution is -2.30. The molecule has 4 rings (SSSR count). The second kappa shape index (κ2) is 6.55. The van der Waals surface area contributed by atoms with Crippen molar-refractivity contribution in [2.75, 3.05) is 13.1 Å². The van der Waals surface area contributed by atoms with E-state index in [1.165, 1.54) is 12.1 Å². The Morgan fingerprint density at radius 1 is 1.08 bits per heavy atom. The molecule has 2 heterocycles. The zero-order valence-electron chi connectivity index (χ0n) is 13.7. The highest BCUT2D eigenvalue weighted by molar-refractivity contribution is 5.81. The van der Waals surface area contributed by atoms with Crippen LogP contribution in [0.5, 0.6) is 11.5 Å². The number of nitrogens with zero attached hydrogens (tertiary/aromatic N) is 3. The van der Waals surface area contributed by atoms with Crippen LogP contribution in [0.4, 0.5) is 4.39 Å². The monoisotopic (exact) mass is 339 g/mol. The first kappa shape index (κ1) is 15.6. The maximum atomic E-state index is 13.0. The third kappa shape index (κ3) is 3.33. The number of aromatic nitrogens is 2. The number of carbonyl (C=O) groups excluding carboxylic acids is 1. The number of fused-ring (bicyclic) bond motifs is 1. The number of carbonyl (C=O) groups is 1. The second-order valence-electron chi connectivity index (χ2n) is 6.17. The minimum atomic E-state index is -0.304. The molecule has 0 spiro atoms. The van der Waals surface area contributed by atoms with Crippen molar-refractivity contribution in [1.29, 1.82) is 0 Å². The number of hydrogen-bond donors (Lipinski definition) is 0. The molecule has 2 aromatic carbocycles. The maximum absolute atomic E-state index is 13.0. The Hall–Kier alpha value is -2.89. The summed E-state index contributed by atoms with van der Waals surface area (Å²) in [5.41, 5.74) is 1.65. The van der Waals surface area contributed by atoms with Crippen LogP contribution in [-0.4, -0.2) is 33.4 Å². The van der Waals surface area contributed by atoms with Gasteiger partial charge in [-0.1, -0.05) is 0 Å². The van der Waals surface area contributed by atoms with Gasteiger partial charge < -0.3 is 14.2 Å². The smallest absolute Gasteiger partial charge is 0.242 e. The fourth-order valence-electron chi connectivity index (χ4n) is 3.08. The second-order valence-corrected chi connectivity index (χ2v) is 6.17. The third-order valence-electron chi connectivity index (χ3n) is 4.41. The zero-order chi connectivity index (χ0) is 17.2. The maximum Gasteiger partial charge on any atom is 0.242 e. The molecule has 1 aliphatic rings. The molecule has 0 saturated carbocycles. The summed E-state index contributed by atoms with van der Waals surface area (Å²) in [6, 6.07) is 11.4. The standard InChI is InChI=1S/C19H18FN3O2/c20-14-3-5-15(6-4-14)25-16-7-8-17-18(11-16)23(13-21-17)12-19(24)22-9-1-2-10-22/h3-8,11,13H,1-2,9-10,12H2. The molecule has 3 aromatic rings. The Bertz CT molecular complexity index is 899. The third-order valence-corrected chi connectivity index (χ3v) is 4.41. The first-order valence-electron chi connectivity index (χ1n) is 8.35. The molecule has 1 aliphatic heterocycles. The zero-order valence-corrected chi connectivity index (χ0v) is 13.7. The van der Waals surface area contributed by atoms with Crippen molar-refractivity contribution in [2.24, 2.45) is 0 Å². The van der Waals surface area contributed by atoms with E-state index >= 15 is 0 Å². The summed E-state index contributed by atoms with van der Waals surface area (Å²) in [5, 5.41) is 0. The number of halogens is 1. The lowest BCUT2D eigenvalue weighted by atomic mass is 10.3. The molecule has 25 heavy (non-hydrogen) atoms. The number of likely N-dealkylation sites (tertiary alicyclic amines) is 1. The van der Waals surface area contributed by atoms with Gasteiger partial charge in [-0.15, -0.1) is 0 Å². The molecule has 0 bridgehead atoms. The molecule has 0 unspecified atom stereocenters. The Kier molecular flexibility index (Phi) is 4.09. The van der Waals surface area contributed by atoms with Crippen molar-refractivity contribution in [3.8, 4) is 11.5 Å². The van der Waals surface area contributed by atoms with Gasteiger partial charge in [-0.25, -0.2) is 9.37 Å². The first-order valence-corrected chi connectivity index (χ1v) is 8.35. The highest BCUT2D eigenvalue weighted by atomic mass is 19.1. The number of rotatable bonds is 4. The Labute approximate surface area is 144 Å². The van der Waals surface area contributed by atoms with Gasteiger partial charge in [-0.2, -0.15) is 0 Å². The number of hydrogen-bond acceptors (Lipinski definition) is 3. The predicted octanol–water partition coefficient (Wildman–Crippen LogP) is 3.59. The fourth-order valence-corrected chi connectivity index (χ4v) is 3.08. The fraction of sp³-hybridized carbons (Fsp3) is 0.263. The summed E-state index contributed by atoms with van der Waals surface area (Å²) in [5.74, 6) is 0.984. The van der Waals surface area contributed by atoms with Crippen molar-refractivity contribution in [1.82, 2.24) is 14.5 Å². The number of benzene rings is 2. The summed E-state index contributed by atoms with van der Waals surface area (Å²) in [4.78, 5) is 18.6. The van der Waals surface area contributed by atoms with Crippen molar-refractivity contribution in [2.45, 2.75) is 19.4 Å². The van der Waals surface area contributed by atoms with Gasteiger partial charge in [0.1, 0.15) is 23.9 Å². The van der Waals surface area contributed by atoms with Crippen LogP contribution in [0.15, 0.2) is 48.8 Å². The molecule has 1 amide bonds. The molecule has 0 atom stereocenters. The van der Waals surface area contributed by atoms with E-state index in [1.807, 2.05) is 27.7 Å². The summed E-state index contributed by atoms with van der Waals surface area (Å²) in [6.07, 6.45) is 3.83. The van der Waals surface area contributed by atoms with Gasteiger partial charge in [-0.3, -0.25) is 4.79 Å². The van der Waals surface area contributed by atoms with Crippen LogP contribution >= 0.6 is 0 Å². The van der Waals surface area contributed by atoms with Crippen molar-refractivity contribution in [3.63, 3.8) is 0 Å². The van der Waals surface area contributed by atoms with Gasteiger partial charge in [0.25, 0.3) is 0 Å². The number of amides is 1. The Morgan fingerprint density at radius 3 is 2.56 bits per heavy atom. The summed E-state index contributed by atoms with van der Waals surface area (Å²) in [6.45, 7) is 1.95. The summed E-state index contributed by atoms with van der Waals surface area (Å²) < 4.78 is 20.6. The molecule has 0 N–H and O–H groups in total. The van der Waals surface area contributed by atoms with E-state index in [4.69, 9.17) is 4.74 Å². The Morgan fingerprint density at radius 2 is 1.80 bits per heavy atom. The van der Waals surface area contributed by atoms with Crippen LogP contribution < -0.4 is 4.74 Å². The van der Waals surface area contributed by atoms with Crippen molar-refractivity contribution in [3.05, 3.63) is 54.6 Å². The van der Waals surface area contributed by atoms with Crippen LogP contribution in [0.25, 0.3) is 11.0 Å². The molecule has 0 aliphatic carbocycles. The van der Waals surface area contributed by atoms with Gasteiger partial charge in [0, 0.05) is 19.2 Å². The lowest BCUT2D eigenvalue weighted by molar-refractivity contribution is -0.130. The van der Waals surface area contributed by atoms with Gasteiger partial charge >= 0.3 is 0 Å². The van der Waals surface area contributed by atoms with Crippen LogP contribution in [0.3, 0.4) is 0 Å². The van der Waals surface area contributed by atoms with Crippen molar-refractivity contribution >= 4 is 16.9 Å². The lowest BCUT2D eigenvalue weighted by Gasteiger charge is -2.15. The quantitative estimate of drug-likeness (QED) is 0.730. The highest BCUT2D eigenvalue weighted by Crippen LogP contribution is 2.25. The van der Waals surface area contributed by atoms with Gasteiger partial charge in [0.2, 0.25) is 5.91 Å². The SMILES string of the molecule is O=C(Cn1cnc2ccc(Oc3ccc(F)cc3)cc21)N1CCCC1. The van der Waals surface area contributed by atoms with E-state index in [0.717, 1.165) is 37.0 Å². The van der Waals surface area contributed by atoms with Crippen LogP contribution in [-0.2, 0) is 11.3 Å². The molecule has 1 saturated heterocycles. The normalized spacial score (nSPS) is 14.2. The summed E-state index contributed by atoms with van der Waals surface area (Å²) >= 11 is 0.